The maximum absolute atomic E-state index is 6.01. The molecule has 3 heteroatoms. The SMILES string of the molecule is CSCCN(C)c1cccc(C)c1N. The highest BCUT2D eigenvalue weighted by atomic mass is 32.2. The Kier molecular flexibility index (Phi) is 4.14. The van der Waals surface area contributed by atoms with Crippen LogP contribution in [0.2, 0.25) is 0 Å². The molecule has 2 nitrogen and oxygen atoms in total. The number of rotatable bonds is 4. The van der Waals surface area contributed by atoms with Crippen LogP contribution in [0.4, 0.5) is 11.4 Å². The molecule has 0 aliphatic rings. The molecule has 0 aliphatic carbocycles. The number of hydrogen-bond acceptors (Lipinski definition) is 3. The Balaban J connectivity index is 2.79. The summed E-state index contributed by atoms with van der Waals surface area (Å²) in [5, 5.41) is 0. The van der Waals surface area contributed by atoms with Gasteiger partial charge in [0.2, 0.25) is 0 Å². The summed E-state index contributed by atoms with van der Waals surface area (Å²) in [5.74, 6) is 1.13. The van der Waals surface area contributed by atoms with Crippen LogP contribution in [0.5, 0.6) is 0 Å². The molecule has 0 amide bonds. The number of nitrogen functional groups attached to an aromatic ring is 1. The largest absolute Gasteiger partial charge is 0.397 e. The summed E-state index contributed by atoms with van der Waals surface area (Å²) >= 11 is 1.85. The lowest BCUT2D eigenvalue weighted by atomic mass is 10.1. The standard InChI is InChI=1S/C11H18N2S/c1-9-5-4-6-10(11(9)12)13(2)7-8-14-3/h4-6H,7-8,12H2,1-3H3. The van der Waals surface area contributed by atoms with Crippen molar-refractivity contribution in [3.8, 4) is 0 Å². The zero-order chi connectivity index (χ0) is 10.6. The molecule has 1 aromatic rings. The molecule has 0 aliphatic heterocycles. The number of anilines is 2. The first kappa shape index (κ1) is 11.2. The van der Waals surface area contributed by atoms with Gasteiger partial charge in [-0.2, -0.15) is 11.8 Å². The van der Waals surface area contributed by atoms with Crippen molar-refractivity contribution >= 4 is 23.1 Å². The number of nitrogens with zero attached hydrogens (tertiary/aromatic N) is 1. The van der Waals surface area contributed by atoms with Gasteiger partial charge in [0.15, 0.2) is 0 Å². The van der Waals surface area contributed by atoms with Crippen molar-refractivity contribution in [3.05, 3.63) is 23.8 Å². The summed E-state index contributed by atoms with van der Waals surface area (Å²) in [6, 6.07) is 6.17. The van der Waals surface area contributed by atoms with Crippen molar-refractivity contribution in [3.63, 3.8) is 0 Å². The Hall–Kier alpha value is -0.830. The minimum Gasteiger partial charge on any atom is -0.397 e. The first-order valence-corrected chi connectivity index (χ1v) is 6.11. The van der Waals surface area contributed by atoms with Gasteiger partial charge in [-0.15, -0.1) is 0 Å². The number of nitrogens with two attached hydrogens (primary N) is 1. The second-order valence-electron chi connectivity index (χ2n) is 3.42. The third-order valence-electron chi connectivity index (χ3n) is 2.34. The van der Waals surface area contributed by atoms with Crippen LogP contribution in [-0.2, 0) is 0 Å². The van der Waals surface area contributed by atoms with Gasteiger partial charge in [-0.3, -0.25) is 0 Å². The lowest BCUT2D eigenvalue weighted by Gasteiger charge is -2.21. The van der Waals surface area contributed by atoms with Crippen LogP contribution in [0.15, 0.2) is 18.2 Å². The van der Waals surface area contributed by atoms with E-state index in [0.717, 1.165) is 29.2 Å². The van der Waals surface area contributed by atoms with E-state index < -0.39 is 0 Å². The molecule has 2 N–H and O–H groups in total. The Bertz CT molecular complexity index is 299. The van der Waals surface area contributed by atoms with E-state index in [1.807, 2.05) is 24.8 Å². The molecule has 0 spiro atoms. The van der Waals surface area contributed by atoms with Crippen molar-refractivity contribution in [1.29, 1.82) is 0 Å². The molecule has 78 valence electrons. The van der Waals surface area contributed by atoms with Crippen LogP contribution in [0.1, 0.15) is 5.56 Å². The summed E-state index contributed by atoms with van der Waals surface area (Å²) in [4.78, 5) is 2.21. The lowest BCUT2D eigenvalue weighted by Crippen LogP contribution is -2.21. The average Bonchev–Trinajstić information content (AvgIpc) is 2.18. The zero-order valence-electron chi connectivity index (χ0n) is 9.08. The fraction of sp³-hybridized carbons (Fsp3) is 0.455. The molecule has 0 atom stereocenters. The van der Waals surface area contributed by atoms with Gasteiger partial charge in [0.25, 0.3) is 0 Å². The fourth-order valence-corrected chi connectivity index (χ4v) is 1.80. The zero-order valence-corrected chi connectivity index (χ0v) is 9.90. The minimum atomic E-state index is 0.899. The number of hydrogen-bond donors (Lipinski definition) is 1. The Morgan fingerprint density at radius 3 is 2.79 bits per heavy atom. The van der Waals surface area contributed by atoms with Crippen LogP contribution >= 0.6 is 11.8 Å². The molecule has 0 bridgehead atoms. The molecule has 14 heavy (non-hydrogen) atoms. The van der Waals surface area contributed by atoms with Gasteiger partial charge in [0, 0.05) is 19.3 Å². The van der Waals surface area contributed by atoms with Crippen LogP contribution in [-0.4, -0.2) is 25.6 Å². The smallest absolute Gasteiger partial charge is 0.0600 e. The quantitative estimate of drug-likeness (QED) is 0.774. The summed E-state index contributed by atoms with van der Waals surface area (Å²) in [6.07, 6.45) is 2.12. The average molecular weight is 210 g/mol. The molecule has 0 saturated carbocycles. The molecular formula is C11H18N2S. The van der Waals surface area contributed by atoms with Crippen LogP contribution < -0.4 is 10.6 Å². The van der Waals surface area contributed by atoms with Crippen molar-refractivity contribution < 1.29 is 0 Å². The fourth-order valence-electron chi connectivity index (χ4n) is 1.35. The third-order valence-corrected chi connectivity index (χ3v) is 2.93. The van der Waals surface area contributed by atoms with Crippen molar-refractivity contribution in [1.82, 2.24) is 0 Å². The molecule has 0 saturated heterocycles. The molecule has 0 radical (unpaired) electrons. The van der Waals surface area contributed by atoms with Gasteiger partial charge in [0.05, 0.1) is 11.4 Å². The number of para-hydroxylation sites is 1. The van der Waals surface area contributed by atoms with E-state index in [1.54, 1.807) is 0 Å². The van der Waals surface area contributed by atoms with E-state index in [2.05, 4.69) is 30.3 Å². The van der Waals surface area contributed by atoms with Crippen molar-refractivity contribution in [2.75, 3.05) is 36.2 Å². The second kappa shape index (κ2) is 5.15. The number of aryl methyl sites for hydroxylation is 1. The number of thioether (sulfide) groups is 1. The molecule has 1 aromatic carbocycles. The highest BCUT2D eigenvalue weighted by Gasteiger charge is 2.05. The summed E-state index contributed by atoms with van der Waals surface area (Å²) < 4.78 is 0. The maximum Gasteiger partial charge on any atom is 0.0600 e. The van der Waals surface area contributed by atoms with Gasteiger partial charge in [-0.1, -0.05) is 12.1 Å². The third kappa shape index (κ3) is 2.58. The van der Waals surface area contributed by atoms with Gasteiger partial charge in [0.1, 0.15) is 0 Å². The van der Waals surface area contributed by atoms with Gasteiger partial charge in [-0.05, 0) is 24.8 Å². The van der Waals surface area contributed by atoms with E-state index in [-0.39, 0.29) is 0 Å². The normalized spacial score (nSPS) is 10.2. The van der Waals surface area contributed by atoms with E-state index in [9.17, 15) is 0 Å². The maximum atomic E-state index is 6.01. The Morgan fingerprint density at radius 2 is 2.14 bits per heavy atom. The first-order chi connectivity index (χ1) is 6.66. The molecular weight excluding hydrogens is 192 g/mol. The Labute approximate surface area is 90.5 Å². The topological polar surface area (TPSA) is 29.3 Å². The first-order valence-electron chi connectivity index (χ1n) is 4.72. The van der Waals surface area contributed by atoms with E-state index in [4.69, 9.17) is 5.73 Å². The number of benzene rings is 1. The minimum absolute atomic E-state index is 0.899. The molecule has 0 fully saturated rings. The summed E-state index contributed by atoms with van der Waals surface area (Å²) in [5.41, 5.74) is 9.20. The second-order valence-corrected chi connectivity index (χ2v) is 4.41. The predicted molar refractivity (Wildman–Crippen MR) is 67.2 cm³/mol. The lowest BCUT2D eigenvalue weighted by molar-refractivity contribution is 0.979. The van der Waals surface area contributed by atoms with Gasteiger partial charge in [-0.25, -0.2) is 0 Å². The van der Waals surface area contributed by atoms with Gasteiger partial charge >= 0.3 is 0 Å². The molecule has 0 unspecified atom stereocenters. The van der Waals surface area contributed by atoms with E-state index in [1.165, 1.54) is 0 Å². The summed E-state index contributed by atoms with van der Waals surface area (Å²) in [7, 11) is 2.08. The summed E-state index contributed by atoms with van der Waals surface area (Å²) in [6.45, 7) is 3.08. The van der Waals surface area contributed by atoms with E-state index >= 15 is 0 Å². The predicted octanol–water partition coefficient (Wildman–Crippen LogP) is 2.38. The molecule has 1 rings (SSSR count). The Morgan fingerprint density at radius 1 is 1.43 bits per heavy atom. The highest BCUT2D eigenvalue weighted by molar-refractivity contribution is 7.98. The van der Waals surface area contributed by atoms with E-state index in [0.29, 0.717) is 0 Å². The molecule has 0 heterocycles. The highest BCUT2D eigenvalue weighted by Crippen LogP contribution is 2.24. The van der Waals surface area contributed by atoms with Crippen molar-refractivity contribution in [2.24, 2.45) is 0 Å². The molecule has 0 aromatic heterocycles. The van der Waals surface area contributed by atoms with Crippen LogP contribution in [0, 0.1) is 6.92 Å². The monoisotopic (exact) mass is 210 g/mol. The van der Waals surface area contributed by atoms with Crippen LogP contribution in [0.25, 0.3) is 0 Å². The van der Waals surface area contributed by atoms with Crippen LogP contribution in [0.3, 0.4) is 0 Å². The van der Waals surface area contributed by atoms with Gasteiger partial charge < -0.3 is 10.6 Å². The van der Waals surface area contributed by atoms with Crippen molar-refractivity contribution in [2.45, 2.75) is 6.92 Å².